The van der Waals surface area contributed by atoms with Gasteiger partial charge in [-0.05, 0) is 26.2 Å². The lowest BCUT2D eigenvalue weighted by Crippen LogP contribution is -2.24. The fourth-order valence-electron chi connectivity index (χ4n) is 1.87. The number of hydrogen-bond donors (Lipinski definition) is 1. The summed E-state index contributed by atoms with van der Waals surface area (Å²) in [7, 11) is 3.23. The van der Waals surface area contributed by atoms with E-state index in [1.54, 1.807) is 14.2 Å². The van der Waals surface area contributed by atoms with Gasteiger partial charge in [-0.25, -0.2) is 0 Å². The number of nitrogens with one attached hydrogen (secondary N) is 1. The van der Waals surface area contributed by atoms with Crippen LogP contribution in [0.4, 0.5) is 0 Å². The number of methoxy groups -OCH3 is 2. The van der Waals surface area contributed by atoms with Crippen LogP contribution in [-0.4, -0.2) is 32.5 Å². The summed E-state index contributed by atoms with van der Waals surface area (Å²) in [5.74, 6) is 0.307. The van der Waals surface area contributed by atoms with Gasteiger partial charge in [-0.2, -0.15) is 0 Å². The van der Waals surface area contributed by atoms with Gasteiger partial charge in [0.15, 0.2) is 6.29 Å². The highest BCUT2D eigenvalue weighted by Crippen LogP contribution is 2.21. The third-order valence-electron chi connectivity index (χ3n) is 2.67. The Morgan fingerprint density at radius 3 is 2.57 bits per heavy atom. The monoisotopic (exact) mass is 201 g/mol. The largest absolute Gasteiger partial charge is 0.356 e. The van der Waals surface area contributed by atoms with Crippen LogP contribution < -0.4 is 5.32 Å². The van der Waals surface area contributed by atoms with E-state index >= 15 is 0 Å². The van der Waals surface area contributed by atoms with E-state index < -0.39 is 0 Å². The van der Waals surface area contributed by atoms with Crippen LogP contribution in [0.3, 0.4) is 0 Å². The molecule has 0 radical (unpaired) electrons. The lowest BCUT2D eigenvalue weighted by Gasteiger charge is -2.14. The summed E-state index contributed by atoms with van der Waals surface area (Å²) >= 11 is 0. The van der Waals surface area contributed by atoms with Crippen molar-refractivity contribution in [2.24, 2.45) is 5.92 Å². The molecule has 0 aromatic rings. The SMILES string of the molecule is COC(CC[C@H]1C[C@@H](C)NC1=O)OC. The van der Waals surface area contributed by atoms with Crippen molar-refractivity contribution in [3.05, 3.63) is 0 Å². The van der Waals surface area contributed by atoms with E-state index in [0.29, 0.717) is 6.04 Å². The normalized spacial score (nSPS) is 27.0. The maximum atomic E-state index is 11.4. The minimum atomic E-state index is -0.182. The zero-order valence-electron chi connectivity index (χ0n) is 9.08. The van der Waals surface area contributed by atoms with Crippen molar-refractivity contribution in [3.8, 4) is 0 Å². The highest BCUT2D eigenvalue weighted by Gasteiger charge is 2.29. The van der Waals surface area contributed by atoms with Crippen molar-refractivity contribution in [1.82, 2.24) is 5.32 Å². The Kier molecular flexibility index (Phi) is 4.35. The molecule has 0 aromatic heterocycles. The minimum absolute atomic E-state index is 0.137. The number of amides is 1. The summed E-state index contributed by atoms with van der Waals surface area (Å²) in [6.07, 6.45) is 2.36. The second-order valence-electron chi connectivity index (χ2n) is 3.82. The molecule has 1 fully saturated rings. The second-order valence-corrected chi connectivity index (χ2v) is 3.82. The number of ether oxygens (including phenoxy) is 2. The van der Waals surface area contributed by atoms with E-state index in [1.165, 1.54) is 0 Å². The van der Waals surface area contributed by atoms with Crippen LogP contribution in [-0.2, 0) is 14.3 Å². The number of carbonyl (C=O) groups excluding carboxylic acids is 1. The summed E-state index contributed by atoms with van der Waals surface area (Å²) in [4.78, 5) is 11.4. The Hall–Kier alpha value is -0.610. The van der Waals surface area contributed by atoms with Crippen molar-refractivity contribution in [3.63, 3.8) is 0 Å². The molecule has 1 N–H and O–H groups in total. The Labute approximate surface area is 85.0 Å². The van der Waals surface area contributed by atoms with Crippen molar-refractivity contribution < 1.29 is 14.3 Å². The highest BCUT2D eigenvalue weighted by molar-refractivity contribution is 5.81. The maximum Gasteiger partial charge on any atom is 0.223 e. The molecule has 0 unspecified atom stereocenters. The van der Waals surface area contributed by atoms with Crippen molar-refractivity contribution >= 4 is 5.91 Å². The van der Waals surface area contributed by atoms with Gasteiger partial charge in [-0.3, -0.25) is 4.79 Å². The molecule has 1 aliphatic rings. The summed E-state index contributed by atoms with van der Waals surface area (Å²) in [5, 5.41) is 2.91. The molecule has 2 atom stereocenters. The van der Waals surface area contributed by atoms with E-state index in [-0.39, 0.29) is 18.1 Å². The van der Waals surface area contributed by atoms with Crippen molar-refractivity contribution in [2.45, 2.75) is 38.5 Å². The van der Waals surface area contributed by atoms with Gasteiger partial charge in [0, 0.05) is 26.2 Å². The molecule has 1 heterocycles. The quantitative estimate of drug-likeness (QED) is 0.672. The molecule has 4 nitrogen and oxygen atoms in total. The number of hydrogen-bond acceptors (Lipinski definition) is 3. The summed E-state index contributed by atoms with van der Waals surface area (Å²) < 4.78 is 10.1. The van der Waals surface area contributed by atoms with Gasteiger partial charge >= 0.3 is 0 Å². The van der Waals surface area contributed by atoms with Gasteiger partial charge < -0.3 is 14.8 Å². The van der Waals surface area contributed by atoms with Crippen molar-refractivity contribution in [2.75, 3.05) is 14.2 Å². The van der Waals surface area contributed by atoms with E-state index in [4.69, 9.17) is 9.47 Å². The predicted molar refractivity (Wildman–Crippen MR) is 52.8 cm³/mol. The average Bonchev–Trinajstić information content (AvgIpc) is 2.47. The van der Waals surface area contributed by atoms with Crippen LogP contribution in [0.15, 0.2) is 0 Å². The van der Waals surface area contributed by atoms with Gasteiger partial charge in [0.2, 0.25) is 5.91 Å². The third kappa shape index (κ3) is 2.96. The third-order valence-corrected chi connectivity index (χ3v) is 2.67. The average molecular weight is 201 g/mol. The van der Waals surface area contributed by atoms with Crippen LogP contribution in [0.1, 0.15) is 26.2 Å². The van der Waals surface area contributed by atoms with Gasteiger partial charge in [0.1, 0.15) is 0 Å². The molecule has 14 heavy (non-hydrogen) atoms. The van der Waals surface area contributed by atoms with Gasteiger partial charge in [-0.1, -0.05) is 0 Å². The van der Waals surface area contributed by atoms with E-state index in [0.717, 1.165) is 19.3 Å². The minimum Gasteiger partial charge on any atom is -0.356 e. The Bertz CT molecular complexity index is 192. The first-order chi connectivity index (χ1) is 6.67. The number of rotatable bonds is 5. The van der Waals surface area contributed by atoms with E-state index in [9.17, 15) is 4.79 Å². The first-order valence-corrected chi connectivity index (χ1v) is 5.03. The van der Waals surface area contributed by atoms with E-state index in [1.807, 2.05) is 6.92 Å². The molecule has 0 aliphatic carbocycles. The van der Waals surface area contributed by atoms with Gasteiger partial charge in [0.25, 0.3) is 0 Å². The van der Waals surface area contributed by atoms with Crippen molar-refractivity contribution in [1.29, 1.82) is 0 Å². The van der Waals surface area contributed by atoms with Crippen LogP contribution in [0.2, 0.25) is 0 Å². The molecule has 1 saturated heterocycles. The fraction of sp³-hybridized carbons (Fsp3) is 0.900. The standard InChI is InChI=1S/C10H19NO3/c1-7-6-8(10(12)11-7)4-5-9(13-2)14-3/h7-9H,4-6H2,1-3H3,(H,11,12)/t7-,8+/m1/s1. The first-order valence-electron chi connectivity index (χ1n) is 5.03. The van der Waals surface area contributed by atoms with Crippen LogP contribution in [0, 0.1) is 5.92 Å². The lowest BCUT2D eigenvalue weighted by molar-refractivity contribution is -0.125. The number of carbonyl (C=O) groups is 1. The maximum absolute atomic E-state index is 11.4. The molecule has 0 aromatic carbocycles. The summed E-state index contributed by atoms with van der Waals surface area (Å²) in [6.45, 7) is 2.03. The predicted octanol–water partition coefficient (Wildman–Crippen LogP) is 0.910. The molecule has 0 saturated carbocycles. The van der Waals surface area contributed by atoms with E-state index in [2.05, 4.69) is 5.32 Å². The van der Waals surface area contributed by atoms with Gasteiger partial charge in [-0.15, -0.1) is 0 Å². The molecule has 4 heteroatoms. The van der Waals surface area contributed by atoms with Crippen LogP contribution in [0.5, 0.6) is 0 Å². The molecular weight excluding hydrogens is 182 g/mol. The lowest BCUT2D eigenvalue weighted by atomic mass is 10.00. The summed E-state index contributed by atoms with van der Waals surface area (Å²) in [5.41, 5.74) is 0. The molecule has 1 amide bonds. The Morgan fingerprint density at radius 1 is 1.50 bits per heavy atom. The second kappa shape index (κ2) is 5.32. The van der Waals surface area contributed by atoms with Crippen LogP contribution in [0.25, 0.3) is 0 Å². The molecular formula is C10H19NO3. The highest BCUT2D eigenvalue weighted by atomic mass is 16.7. The first kappa shape index (κ1) is 11.5. The zero-order valence-corrected chi connectivity index (χ0v) is 9.08. The smallest absolute Gasteiger partial charge is 0.223 e. The Balaban J connectivity index is 2.27. The molecule has 82 valence electrons. The topological polar surface area (TPSA) is 47.6 Å². The molecule has 0 spiro atoms. The summed E-state index contributed by atoms with van der Waals surface area (Å²) in [6, 6.07) is 0.316. The van der Waals surface area contributed by atoms with Crippen LogP contribution >= 0.6 is 0 Å². The molecule has 1 aliphatic heterocycles. The molecule has 1 rings (SSSR count). The Morgan fingerprint density at radius 2 is 2.14 bits per heavy atom. The fourth-order valence-corrected chi connectivity index (χ4v) is 1.87. The van der Waals surface area contributed by atoms with Gasteiger partial charge in [0.05, 0.1) is 0 Å². The zero-order chi connectivity index (χ0) is 10.6. The molecule has 0 bridgehead atoms.